The third-order valence-corrected chi connectivity index (χ3v) is 10.9. The molecule has 0 bridgehead atoms. The van der Waals surface area contributed by atoms with Crippen LogP contribution in [0.15, 0.2) is 158 Å². The average Bonchev–Trinajstić information content (AvgIpc) is 3.44. The zero-order valence-corrected chi connectivity index (χ0v) is 28.8. The number of fused-ring (bicyclic) bond motifs is 9. The van der Waals surface area contributed by atoms with E-state index in [0.29, 0.717) is 5.82 Å². The highest BCUT2D eigenvalue weighted by Gasteiger charge is 2.44. The minimum absolute atomic E-state index is 0.232. The Hall–Kier alpha value is -6.39. The Morgan fingerprint density at radius 2 is 1.21 bits per heavy atom. The van der Waals surface area contributed by atoms with Gasteiger partial charge in [0.1, 0.15) is 11.6 Å². The summed E-state index contributed by atoms with van der Waals surface area (Å²) in [4.78, 5) is 10.1. The van der Waals surface area contributed by atoms with Crippen LogP contribution in [0.4, 0.5) is 4.39 Å². The number of hydrogen-bond donors (Lipinski definition) is 0. The molecule has 0 N–H and O–H groups in total. The van der Waals surface area contributed by atoms with Gasteiger partial charge in [-0.2, -0.15) is 0 Å². The van der Waals surface area contributed by atoms with Crippen LogP contribution in [0.2, 0.25) is 0 Å². The SMILES string of the molecule is CC1(C)c2ccccc2-c2c1c1c(c3ccccc23)OC(c2ccc(F)cc2)(c2ccc(-c3nc(-c4ccccc4)c4ccccc4n3)cc2)C=C1. The minimum Gasteiger partial charge on any atom is -0.472 e. The first-order valence-electron chi connectivity index (χ1n) is 17.7. The van der Waals surface area contributed by atoms with Gasteiger partial charge in [0.15, 0.2) is 11.4 Å². The van der Waals surface area contributed by atoms with E-state index in [-0.39, 0.29) is 11.2 Å². The quantitative estimate of drug-likeness (QED) is 0.187. The van der Waals surface area contributed by atoms with Crippen LogP contribution < -0.4 is 4.74 Å². The molecule has 1 aliphatic carbocycles. The van der Waals surface area contributed by atoms with E-state index in [1.807, 2.05) is 48.5 Å². The van der Waals surface area contributed by atoms with Crippen LogP contribution in [0.5, 0.6) is 5.75 Å². The van der Waals surface area contributed by atoms with Crippen LogP contribution in [0, 0.1) is 5.82 Å². The normalized spacial score (nSPS) is 16.7. The van der Waals surface area contributed by atoms with E-state index in [1.54, 1.807) is 0 Å². The molecular formula is C48H33FN2O. The van der Waals surface area contributed by atoms with Crippen LogP contribution in [0.3, 0.4) is 0 Å². The molecule has 0 saturated heterocycles. The van der Waals surface area contributed by atoms with Gasteiger partial charge in [-0.25, -0.2) is 14.4 Å². The molecule has 8 aromatic rings. The summed E-state index contributed by atoms with van der Waals surface area (Å²) in [6.45, 7) is 4.61. The number of aromatic nitrogens is 2. The van der Waals surface area contributed by atoms with E-state index < -0.39 is 5.60 Å². The Labute approximate surface area is 301 Å². The summed E-state index contributed by atoms with van der Waals surface area (Å²) in [7, 11) is 0. The van der Waals surface area contributed by atoms with Gasteiger partial charge in [0.2, 0.25) is 0 Å². The second kappa shape index (κ2) is 11.3. The summed E-state index contributed by atoms with van der Waals surface area (Å²) in [6, 6.07) is 50.6. The van der Waals surface area contributed by atoms with Crippen LogP contribution in [-0.4, -0.2) is 9.97 Å². The lowest BCUT2D eigenvalue weighted by molar-refractivity contribution is 0.163. The third kappa shape index (κ3) is 4.44. The van der Waals surface area contributed by atoms with Gasteiger partial charge in [-0.05, 0) is 51.9 Å². The van der Waals surface area contributed by atoms with Gasteiger partial charge in [-0.1, -0.05) is 153 Å². The predicted octanol–water partition coefficient (Wildman–Crippen LogP) is 11.9. The fraction of sp³-hybridized carbons (Fsp3) is 0.0833. The van der Waals surface area contributed by atoms with Gasteiger partial charge in [0.25, 0.3) is 0 Å². The van der Waals surface area contributed by atoms with E-state index in [4.69, 9.17) is 14.7 Å². The molecule has 4 heteroatoms. The lowest BCUT2D eigenvalue weighted by atomic mass is 9.77. The second-order valence-electron chi connectivity index (χ2n) is 14.2. The maximum absolute atomic E-state index is 14.4. The van der Waals surface area contributed by atoms with Crippen LogP contribution in [0.1, 0.15) is 41.7 Å². The van der Waals surface area contributed by atoms with Crippen molar-refractivity contribution in [2.24, 2.45) is 0 Å². The number of para-hydroxylation sites is 1. The molecule has 2 aliphatic rings. The smallest absolute Gasteiger partial charge is 0.178 e. The highest BCUT2D eigenvalue weighted by molar-refractivity contribution is 6.08. The lowest BCUT2D eigenvalue weighted by Gasteiger charge is -2.38. The standard InChI is InChI=1S/C48H33FN2O/c1-47(2)40-18-10-8-16-37(40)42-35-14-6-7-15-36(35)45-39(43(42)47)28-29-48(52-45,33-24-26-34(49)27-25-33)32-22-20-31(21-23-32)46-50-41-19-11-9-17-38(41)44(51-46)30-12-4-3-5-13-30/h3-29H,1-2H3. The molecule has 0 fully saturated rings. The molecule has 10 rings (SSSR count). The Morgan fingerprint density at radius 1 is 0.577 bits per heavy atom. The van der Waals surface area contributed by atoms with Gasteiger partial charge < -0.3 is 4.74 Å². The summed E-state index contributed by atoms with van der Waals surface area (Å²) in [5, 5.41) is 3.22. The van der Waals surface area contributed by atoms with Crippen LogP contribution >= 0.6 is 0 Å². The van der Waals surface area contributed by atoms with E-state index in [1.165, 1.54) is 34.4 Å². The number of benzene rings is 7. The summed E-state index contributed by atoms with van der Waals surface area (Å²) >= 11 is 0. The zero-order chi connectivity index (χ0) is 35.0. The van der Waals surface area contributed by atoms with Gasteiger partial charge >= 0.3 is 0 Å². The Kier molecular flexibility index (Phi) is 6.62. The van der Waals surface area contributed by atoms with Crippen molar-refractivity contribution in [3.63, 3.8) is 0 Å². The van der Waals surface area contributed by atoms with E-state index >= 15 is 0 Å². The minimum atomic E-state index is -1.02. The predicted molar refractivity (Wildman–Crippen MR) is 209 cm³/mol. The molecule has 1 aliphatic heterocycles. The van der Waals surface area contributed by atoms with Crippen LogP contribution in [-0.2, 0) is 11.0 Å². The Balaban J connectivity index is 1.15. The Morgan fingerprint density at radius 3 is 1.98 bits per heavy atom. The van der Waals surface area contributed by atoms with Gasteiger partial charge in [-0.3, -0.25) is 0 Å². The molecule has 0 saturated carbocycles. The van der Waals surface area contributed by atoms with Crippen molar-refractivity contribution in [1.82, 2.24) is 9.97 Å². The molecule has 0 radical (unpaired) electrons. The fourth-order valence-electron chi connectivity index (χ4n) is 8.46. The molecule has 52 heavy (non-hydrogen) atoms. The lowest BCUT2D eigenvalue weighted by Crippen LogP contribution is -2.35. The topological polar surface area (TPSA) is 35.0 Å². The Bertz CT molecular complexity index is 2730. The molecule has 0 spiro atoms. The van der Waals surface area contributed by atoms with Crippen molar-refractivity contribution in [2.45, 2.75) is 24.9 Å². The number of ether oxygens (including phenoxy) is 1. The first-order valence-corrected chi connectivity index (χ1v) is 17.7. The molecule has 0 amide bonds. The molecule has 2 heterocycles. The van der Waals surface area contributed by atoms with Gasteiger partial charge in [0, 0.05) is 44.0 Å². The summed E-state index contributed by atoms with van der Waals surface area (Å²) in [5.41, 5.74) is 10.4. The molecular weight excluding hydrogens is 640 g/mol. The summed E-state index contributed by atoms with van der Waals surface area (Å²) in [6.07, 6.45) is 4.37. The summed E-state index contributed by atoms with van der Waals surface area (Å²) < 4.78 is 21.8. The van der Waals surface area contributed by atoms with Crippen LogP contribution in [0.25, 0.3) is 61.5 Å². The first-order chi connectivity index (χ1) is 25.4. The maximum atomic E-state index is 14.4. The number of rotatable bonds is 4. The summed E-state index contributed by atoms with van der Waals surface area (Å²) in [5.74, 6) is 1.19. The van der Waals surface area contributed by atoms with Crippen molar-refractivity contribution < 1.29 is 9.13 Å². The largest absolute Gasteiger partial charge is 0.472 e. The molecule has 248 valence electrons. The maximum Gasteiger partial charge on any atom is 0.178 e. The van der Waals surface area contributed by atoms with Crippen molar-refractivity contribution in [3.05, 3.63) is 191 Å². The monoisotopic (exact) mass is 672 g/mol. The van der Waals surface area contributed by atoms with E-state index in [2.05, 4.69) is 117 Å². The highest BCUT2D eigenvalue weighted by Crippen LogP contribution is 2.58. The number of nitrogens with zero attached hydrogens (tertiary/aromatic N) is 2. The van der Waals surface area contributed by atoms with Crippen molar-refractivity contribution in [2.75, 3.05) is 0 Å². The highest BCUT2D eigenvalue weighted by atomic mass is 19.1. The molecule has 1 aromatic heterocycles. The van der Waals surface area contributed by atoms with E-state index in [0.717, 1.165) is 60.9 Å². The van der Waals surface area contributed by atoms with Crippen molar-refractivity contribution in [1.29, 1.82) is 0 Å². The first kappa shape index (κ1) is 30.4. The average molecular weight is 673 g/mol. The van der Waals surface area contributed by atoms with Gasteiger partial charge in [-0.15, -0.1) is 0 Å². The van der Waals surface area contributed by atoms with E-state index in [9.17, 15) is 4.39 Å². The fourth-order valence-corrected chi connectivity index (χ4v) is 8.46. The van der Waals surface area contributed by atoms with Gasteiger partial charge in [0.05, 0.1) is 11.2 Å². The molecule has 7 aromatic carbocycles. The number of hydrogen-bond acceptors (Lipinski definition) is 3. The third-order valence-electron chi connectivity index (χ3n) is 10.9. The molecule has 3 nitrogen and oxygen atoms in total. The number of halogens is 1. The molecule has 1 unspecified atom stereocenters. The molecule has 1 atom stereocenters. The zero-order valence-electron chi connectivity index (χ0n) is 28.8. The van der Waals surface area contributed by atoms with Crippen molar-refractivity contribution >= 4 is 27.8 Å². The second-order valence-corrected chi connectivity index (χ2v) is 14.2. The van der Waals surface area contributed by atoms with Crippen molar-refractivity contribution in [3.8, 4) is 39.5 Å².